The van der Waals surface area contributed by atoms with Gasteiger partial charge in [-0.1, -0.05) is 6.07 Å². The number of hydrogen-bond acceptors (Lipinski definition) is 4. The Kier molecular flexibility index (Phi) is 6.01. The van der Waals surface area contributed by atoms with Gasteiger partial charge in [0.1, 0.15) is 5.69 Å². The van der Waals surface area contributed by atoms with Crippen molar-refractivity contribution in [1.82, 2.24) is 19.2 Å². The maximum Gasteiger partial charge on any atom is 0.433 e. The number of nitrogens with zero attached hydrogens (tertiary/aromatic N) is 4. The van der Waals surface area contributed by atoms with Crippen LogP contribution in [0.4, 0.5) is 17.6 Å². The molecule has 0 bridgehead atoms. The lowest BCUT2D eigenvalue weighted by atomic mass is 10.1. The molecular formula is C16H14ClF4N5O. The van der Waals surface area contributed by atoms with E-state index in [-0.39, 0.29) is 31.1 Å². The summed E-state index contributed by atoms with van der Waals surface area (Å²) in [5.41, 5.74) is 5.26. The van der Waals surface area contributed by atoms with Gasteiger partial charge in [-0.25, -0.2) is 18.3 Å². The van der Waals surface area contributed by atoms with Crippen molar-refractivity contribution >= 4 is 18.1 Å². The first kappa shape index (κ1) is 20.6. The lowest BCUT2D eigenvalue weighted by molar-refractivity contribution is -0.141. The number of alkyl halides is 3. The second kappa shape index (κ2) is 7.89. The van der Waals surface area contributed by atoms with Gasteiger partial charge >= 0.3 is 11.9 Å². The first-order chi connectivity index (χ1) is 12.3. The molecule has 0 atom stereocenters. The topological polar surface area (TPSA) is 78.2 Å². The molecule has 0 aliphatic heterocycles. The van der Waals surface area contributed by atoms with Crippen LogP contribution in [0.5, 0.6) is 0 Å². The Morgan fingerprint density at radius 3 is 2.44 bits per heavy atom. The van der Waals surface area contributed by atoms with Crippen molar-refractivity contribution in [3.63, 3.8) is 0 Å². The average molecular weight is 404 g/mol. The van der Waals surface area contributed by atoms with Crippen LogP contribution in [0.2, 0.25) is 0 Å². The van der Waals surface area contributed by atoms with Gasteiger partial charge in [0.05, 0.1) is 12.9 Å². The first-order valence-corrected chi connectivity index (χ1v) is 7.44. The smallest absolute Gasteiger partial charge is 0.327 e. The van der Waals surface area contributed by atoms with Crippen LogP contribution in [0.3, 0.4) is 0 Å². The van der Waals surface area contributed by atoms with Gasteiger partial charge in [0.15, 0.2) is 5.65 Å². The molecule has 0 aliphatic carbocycles. The van der Waals surface area contributed by atoms with Crippen LogP contribution in [-0.2, 0) is 12.7 Å². The molecule has 2 N–H and O–H groups in total. The Morgan fingerprint density at radius 2 is 1.89 bits per heavy atom. The molecule has 27 heavy (non-hydrogen) atoms. The second-order valence-electron chi connectivity index (χ2n) is 5.49. The molecule has 0 saturated heterocycles. The summed E-state index contributed by atoms with van der Waals surface area (Å²) in [5, 5.41) is 4.07. The van der Waals surface area contributed by atoms with E-state index in [1.165, 1.54) is 22.7 Å². The number of nitrogens with two attached hydrogens (primary N) is 1. The summed E-state index contributed by atoms with van der Waals surface area (Å²) in [6.45, 7) is -0.149. The normalized spacial score (nSPS) is 12.3. The molecule has 144 valence electrons. The van der Waals surface area contributed by atoms with Crippen LogP contribution >= 0.6 is 12.4 Å². The molecule has 11 heteroatoms. The largest absolute Gasteiger partial charge is 0.433 e. The summed E-state index contributed by atoms with van der Waals surface area (Å²) >= 11 is 0. The van der Waals surface area contributed by atoms with E-state index in [9.17, 15) is 22.4 Å². The van der Waals surface area contributed by atoms with Crippen molar-refractivity contribution in [2.75, 3.05) is 6.54 Å². The van der Waals surface area contributed by atoms with Crippen molar-refractivity contribution in [3.05, 3.63) is 64.7 Å². The van der Waals surface area contributed by atoms with Gasteiger partial charge in [-0.05, 0) is 23.8 Å². The molecule has 0 unspecified atom stereocenters. The van der Waals surface area contributed by atoms with E-state index >= 15 is 0 Å². The molecule has 0 aromatic carbocycles. The Bertz CT molecular complexity index is 1020. The fourth-order valence-electron chi connectivity index (χ4n) is 2.36. The van der Waals surface area contributed by atoms with Gasteiger partial charge in [0.25, 0.3) is 0 Å². The lowest BCUT2D eigenvalue weighted by Crippen LogP contribution is -2.23. The summed E-state index contributed by atoms with van der Waals surface area (Å²) in [4.78, 5) is 15.8. The number of halogens is 5. The van der Waals surface area contributed by atoms with Crippen LogP contribution in [0.25, 0.3) is 16.8 Å². The van der Waals surface area contributed by atoms with Gasteiger partial charge < -0.3 is 5.73 Å². The number of fused-ring (bicyclic) bond motifs is 1. The number of pyridine rings is 2. The summed E-state index contributed by atoms with van der Waals surface area (Å²) in [7, 11) is 0. The van der Waals surface area contributed by atoms with E-state index in [4.69, 9.17) is 5.73 Å². The Labute approximate surface area is 156 Å². The van der Waals surface area contributed by atoms with Crippen molar-refractivity contribution in [1.29, 1.82) is 0 Å². The monoisotopic (exact) mass is 403 g/mol. The summed E-state index contributed by atoms with van der Waals surface area (Å²) in [6.07, 6.45) is -1.68. The standard InChI is InChI=1S/C16H13F4N5O.ClH/c17-5-10(6-21)8-25-15(26)24-9-12(2-4-14(24)23-25)11-1-3-13(22-7-11)16(18,19)20;/h1-5,7,9H,6,8,21H2;1H/b10-5+;. The highest BCUT2D eigenvalue weighted by molar-refractivity contribution is 5.85. The van der Waals surface area contributed by atoms with Crippen molar-refractivity contribution < 1.29 is 17.6 Å². The molecule has 3 aromatic heterocycles. The number of aromatic nitrogens is 4. The molecule has 0 radical (unpaired) electrons. The summed E-state index contributed by atoms with van der Waals surface area (Å²) in [5.74, 6) is 0. The highest BCUT2D eigenvalue weighted by Crippen LogP contribution is 2.28. The van der Waals surface area contributed by atoms with Crippen molar-refractivity contribution in [2.45, 2.75) is 12.7 Å². The van der Waals surface area contributed by atoms with Gasteiger partial charge in [0, 0.05) is 30.1 Å². The van der Waals surface area contributed by atoms with E-state index in [0.717, 1.165) is 16.9 Å². The molecule has 3 heterocycles. The zero-order valence-corrected chi connectivity index (χ0v) is 14.5. The van der Waals surface area contributed by atoms with Crippen LogP contribution in [0, 0.1) is 0 Å². The quantitative estimate of drug-likeness (QED) is 0.679. The highest BCUT2D eigenvalue weighted by atomic mass is 35.5. The Morgan fingerprint density at radius 1 is 1.19 bits per heavy atom. The fraction of sp³-hybridized carbons (Fsp3) is 0.188. The fourth-order valence-corrected chi connectivity index (χ4v) is 2.36. The third-order valence-corrected chi connectivity index (χ3v) is 3.73. The summed E-state index contributed by atoms with van der Waals surface area (Å²) in [6, 6.07) is 5.27. The van der Waals surface area contributed by atoms with E-state index in [1.807, 2.05) is 0 Å². The van der Waals surface area contributed by atoms with E-state index in [1.54, 1.807) is 6.07 Å². The third-order valence-electron chi connectivity index (χ3n) is 3.73. The number of hydrogen-bond donors (Lipinski definition) is 1. The SMILES string of the molecule is Cl.NC/C(=C\F)Cn1nc2ccc(-c3ccc(C(F)(F)F)nc3)cn2c1=O. The predicted molar refractivity (Wildman–Crippen MR) is 93.2 cm³/mol. The molecule has 0 amide bonds. The molecule has 3 rings (SSSR count). The lowest BCUT2D eigenvalue weighted by Gasteiger charge is -2.06. The molecule has 0 saturated carbocycles. The maximum atomic E-state index is 12.7. The maximum absolute atomic E-state index is 12.7. The van der Waals surface area contributed by atoms with Gasteiger partial charge in [-0.2, -0.15) is 13.2 Å². The highest BCUT2D eigenvalue weighted by Gasteiger charge is 2.32. The molecule has 0 fully saturated rings. The minimum Gasteiger partial charge on any atom is -0.327 e. The predicted octanol–water partition coefficient (Wildman–Crippen LogP) is 2.81. The summed E-state index contributed by atoms with van der Waals surface area (Å²) < 4.78 is 52.7. The van der Waals surface area contributed by atoms with Crippen LogP contribution in [-0.4, -0.2) is 25.7 Å². The van der Waals surface area contributed by atoms with Gasteiger partial charge in [0.2, 0.25) is 0 Å². The zero-order valence-electron chi connectivity index (χ0n) is 13.7. The molecule has 6 nitrogen and oxygen atoms in total. The average Bonchev–Trinajstić information content (AvgIpc) is 2.94. The van der Waals surface area contributed by atoms with Crippen LogP contribution in [0.1, 0.15) is 5.69 Å². The van der Waals surface area contributed by atoms with Gasteiger partial charge in [-0.3, -0.25) is 4.98 Å². The molecule has 3 aromatic rings. The van der Waals surface area contributed by atoms with Gasteiger partial charge in [-0.15, -0.1) is 17.5 Å². The third kappa shape index (κ3) is 4.17. The molecule has 0 aliphatic rings. The van der Waals surface area contributed by atoms with E-state index in [0.29, 0.717) is 23.1 Å². The Balaban J connectivity index is 0.00000261. The Hall–Kier alpha value is -2.72. The molecular weight excluding hydrogens is 390 g/mol. The van der Waals surface area contributed by atoms with Crippen molar-refractivity contribution in [3.8, 4) is 11.1 Å². The number of rotatable bonds is 4. The van der Waals surface area contributed by atoms with E-state index < -0.39 is 17.6 Å². The zero-order chi connectivity index (χ0) is 18.9. The first-order valence-electron chi connectivity index (χ1n) is 7.44. The van der Waals surface area contributed by atoms with E-state index in [2.05, 4.69) is 10.1 Å². The van der Waals surface area contributed by atoms with Crippen molar-refractivity contribution in [2.24, 2.45) is 5.73 Å². The molecule has 0 spiro atoms. The second-order valence-corrected chi connectivity index (χ2v) is 5.49. The minimum absolute atomic E-state index is 0. The minimum atomic E-state index is -4.52. The van der Waals surface area contributed by atoms with Crippen LogP contribution in [0.15, 0.2) is 53.4 Å². The van der Waals surface area contributed by atoms with Crippen LogP contribution < -0.4 is 11.4 Å².